The third-order valence-corrected chi connectivity index (χ3v) is 6.21. The Morgan fingerprint density at radius 3 is 2.82 bits per heavy atom. The number of fused-ring (bicyclic) bond motifs is 1. The van der Waals surface area contributed by atoms with Gasteiger partial charge in [0.15, 0.2) is 17.0 Å². The van der Waals surface area contributed by atoms with Crippen molar-refractivity contribution in [3.05, 3.63) is 54.6 Å². The van der Waals surface area contributed by atoms with Crippen molar-refractivity contribution in [2.75, 3.05) is 23.3 Å². The zero-order valence-electron chi connectivity index (χ0n) is 19.2. The number of nitrogens with one attached hydrogen (secondary N) is 1. The van der Waals surface area contributed by atoms with Crippen molar-refractivity contribution in [3.63, 3.8) is 0 Å². The van der Waals surface area contributed by atoms with Crippen molar-refractivity contribution in [1.29, 1.82) is 0 Å². The molecule has 0 radical (unpaired) electrons. The Balaban J connectivity index is 1.50. The Hall–Kier alpha value is -3.46. The first kappa shape index (κ1) is 21.4. The Morgan fingerprint density at radius 2 is 2.00 bits per heavy atom. The summed E-state index contributed by atoms with van der Waals surface area (Å²) in [7, 11) is 0. The molecule has 0 aliphatic carbocycles. The first-order chi connectivity index (χ1) is 16.1. The third-order valence-electron chi connectivity index (χ3n) is 6.21. The maximum absolute atomic E-state index is 6.21. The highest BCUT2D eigenvalue weighted by Crippen LogP contribution is 2.27. The van der Waals surface area contributed by atoms with Gasteiger partial charge in [-0.1, -0.05) is 18.2 Å². The molecule has 1 unspecified atom stereocenters. The summed E-state index contributed by atoms with van der Waals surface area (Å²) in [6, 6.07) is 10.7. The topological polar surface area (TPSA) is 103 Å². The third kappa shape index (κ3) is 4.41. The van der Waals surface area contributed by atoms with Gasteiger partial charge in [-0.15, -0.1) is 0 Å². The van der Waals surface area contributed by atoms with Gasteiger partial charge in [-0.3, -0.25) is 0 Å². The van der Waals surface area contributed by atoms with Crippen molar-refractivity contribution in [1.82, 2.24) is 29.3 Å². The smallest absolute Gasteiger partial charge is 0.229 e. The van der Waals surface area contributed by atoms with E-state index in [0.29, 0.717) is 6.54 Å². The minimum absolute atomic E-state index is 0.247. The Kier molecular flexibility index (Phi) is 5.95. The molecule has 3 N–H and O–H groups in total. The van der Waals surface area contributed by atoms with Crippen LogP contribution in [-0.4, -0.2) is 48.4 Å². The van der Waals surface area contributed by atoms with Crippen LogP contribution in [0.5, 0.6) is 0 Å². The van der Waals surface area contributed by atoms with Crippen molar-refractivity contribution in [2.24, 2.45) is 5.73 Å². The van der Waals surface area contributed by atoms with Crippen molar-refractivity contribution >= 4 is 22.9 Å². The first-order valence-electron chi connectivity index (χ1n) is 11.7. The number of nitrogens with two attached hydrogens (primary N) is 1. The molecule has 1 atom stereocenters. The summed E-state index contributed by atoms with van der Waals surface area (Å²) in [5, 5.41) is 7.94. The predicted molar refractivity (Wildman–Crippen MR) is 131 cm³/mol. The van der Waals surface area contributed by atoms with Gasteiger partial charge < -0.3 is 20.5 Å². The van der Waals surface area contributed by atoms with Crippen LogP contribution in [-0.2, 0) is 6.54 Å². The molecule has 172 valence electrons. The van der Waals surface area contributed by atoms with Crippen LogP contribution in [0.1, 0.15) is 44.7 Å². The summed E-state index contributed by atoms with van der Waals surface area (Å²) < 4.78 is 3.99. The Labute approximate surface area is 193 Å². The molecular formula is C24H31N9. The molecule has 5 rings (SSSR count). The molecule has 1 aromatic carbocycles. The quantitative estimate of drug-likeness (QED) is 0.468. The second kappa shape index (κ2) is 9.19. The molecule has 1 aliphatic heterocycles. The van der Waals surface area contributed by atoms with Crippen LogP contribution in [0.2, 0.25) is 0 Å². The number of hydrogen-bond donors (Lipinski definition) is 2. The van der Waals surface area contributed by atoms with Crippen LogP contribution in [0.15, 0.2) is 49.1 Å². The molecule has 1 aliphatic rings. The van der Waals surface area contributed by atoms with E-state index in [1.807, 2.05) is 35.4 Å². The van der Waals surface area contributed by atoms with E-state index in [1.165, 1.54) is 0 Å². The summed E-state index contributed by atoms with van der Waals surface area (Å²) in [6.45, 7) is 6.66. The van der Waals surface area contributed by atoms with Crippen molar-refractivity contribution < 1.29 is 0 Å². The normalized spacial score (nSPS) is 17.0. The average Bonchev–Trinajstić information content (AvgIpc) is 3.45. The molecule has 1 fully saturated rings. The van der Waals surface area contributed by atoms with Crippen LogP contribution in [0.3, 0.4) is 0 Å². The zero-order chi connectivity index (χ0) is 22.8. The fourth-order valence-electron chi connectivity index (χ4n) is 4.34. The molecule has 4 aromatic rings. The van der Waals surface area contributed by atoms with E-state index in [-0.39, 0.29) is 12.1 Å². The molecule has 0 spiro atoms. The Bertz CT molecular complexity index is 1210. The van der Waals surface area contributed by atoms with Crippen molar-refractivity contribution in [3.8, 4) is 5.69 Å². The number of nitrogens with zero attached hydrogens (tertiary/aromatic N) is 7. The van der Waals surface area contributed by atoms with E-state index in [1.54, 1.807) is 6.20 Å². The van der Waals surface area contributed by atoms with Gasteiger partial charge in [-0.05, 0) is 50.8 Å². The number of benzene rings is 1. The van der Waals surface area contributed by atoms with Gasteiger partial charge in [-0.25, -0.2) is 9.67 Å². The maximum atomic E-state index is 6.21. The van der Waals surface area contributed by atoms with Crippen molar-refractivity contribution in [2.45, 2.75) is 51.7 Å². The Morgan fingerprint density at radius 1 is 1.12 bits per heavy atom. The molecule has 0 bridgehead atoms. The molecule has 9 nitrogen and oxygen atoms in total. The van der Waals surface area contributed by atoms with E-state index >= 15 is 0 Å². The lowest BCUT2D eigenvalue weighted by molar-refractivity contribution is 0.601. The van der Waals surface area contributed by atoms with Gasteiger partial charge >= 0.3 is 0 Å². The van der Waals surface area contributed by atoms with Crippen LogP contribution in [0.25, 0.3) is 16.9 Å². The number of imidazole rings is 1. The highest BCUT2D eigenvalue weighted by atomic mass is 15.3. The van der Waals surface area contributed by atoms with Gasteiger partial charge in [0.05, 0.1) is 12.0 Å². The predicted octanol–water partition coefficient (Wildman–Crippen LogP) is 3.52. The monoisotopic (exact) mass is 445 g/mol. The van der Waals surface area contributed by atoms with Gasteiger partial charge in [-0.2, -0.15) is 15.1 Å². The van der Waals surface area contributed by atoms with Gasteiger partial charge in [0.25, 0.3) is 0 Å². The molecule has 3 aromatic heterocycles. The number of anilines is 2. The first-order valence-corrected chi connectivity index (χ1v) is 11.7. The lowest BCUT2D eigenvalue weighted by Gasteiger charge is -2.22. The molecule has 1 saturated heterocycles. The lowest BCUT2D eigenvalue weighted by Crippen LogP contribution is -2.28. The van der Waals surface area contributed by atoms with Crippen LogP contribution < -0.4 is 16.0 Å². The van der Waals surface area contributed by atoms with Crippen LogP contribution in [0, 0.1) is 0 Å². The number of para-hydroxylation sites is 1. The van der Waals surface area contributed by atoms with Crippen LogP contribution in [0.4, 0.5) is 11.8 Å². The maximum Gasteiger partial charge on any atom is 0.229 e. The second-order valence-corrected chi connectivity index (χ2v) is 8.90. The van der Waals surface area contributed by atoms with E-state index in [4.69, 9.17) is 15.7 Å². The molecule has 33 heavy (non-hydrogen) atoms. The summed E-state index contributed by atoms with van der Waals surface area (Å²) in [5.74, 6) is 1.49. The minimum atomic E-state index is 0.247. The fraction of sp³-hybridized carbons (Fsp3) is 0.417. The summed E-state index contributed by atoms with van der Waals surface area (Å²) >= 11 is 0. The minimum Gasteiger partial charge on any atom is -0.364 e. The van der Waals surface area contributed by atoms with E-state index in [2.05, 4.69) is 50.8 Å². The summed E-state index contributed by atoms with van der Waals surface area (Å²) in [6.07, 6.45) is 8.63. The highest BCUT2D eigenvalue weighted by Gasteiger charge is 2.21. The van der Waals surface area contributed by atoms with E-state index < -0.39 is 0 Å². The van der Waals surface area contributed by atoms with Gasteiger partial charge in [0.1, 0.15) is 0 Å². The number of rotatable bonds is 6. The number of hydrogen-bond acceptors (Lipinski definition) is 7. The second-order valence-electron chi connectivity index (χ2n) is 8.90. The standard InChI is InChI=1S/C24H31N9/c1-17(2)32-16-27-21-22(26-15-18-7-3-4-9-20(18)33-13-6-11-28-33)29-24(30-23(21)32)31-12-5-8-19(25)10-14-31/h3-4,6-7,9,11,13,16-17,19H,5,8,10,12,14-15,25H2,1-2H3,(H,26,29,30). The largest absolute Gasteiger partial charge is 0.364 e. The SMILES string of the molecule is CC(C)n1cnc2c(NCc3ccccc3-n3cccn3)nc(N3CCCC(N)CC3)nc21. The summed E-state index contributed by atoms with van der Waals surface area (Å²) in [4.78, 5) is 16.8. The van der Waals surface area contributed by atoms with Crippen LogP contribution >= 0.6 is 0 Å². The lowest BCUT2D eigenvalue weighted by atomic mass is 10.1. The van der Waals surface area contributed by atoms with Gasteiger partial charge in [0.2, 0.25) is 5.95 Å². The van der Waals surface area contributed by atoms with E-state index in [9.17, 15) is 0 Å². The molecule has 4 heterocycles. The highest BCUT2D eigenvalue weighted by molar-refractivity contribution is 5.84. The zero-order valence-corrected chi connectivity index (χ0v) is 19.2. The average molecular weight is 446 g/mol. The fourth-order valence-corrected chi connectivity index (χ4v) is 4.34. The molecule has 9 heteroatoms. The number of aromatic nitrogens is 6. The van der Waals surface area contributed by atoms with E-state index in [0.717, 1.165) is 66.5 Å². The molecular weight excluding hydrogens is 414 g/mol. The van der Waals surface area contributed by atoms with Gasteiger partial charge in [0, 0.05) is 44.1 Å². The summed E-state index contributed by atoms with van der Waals surface area (Å²) in [5.41, 5.74) is 10.0. The molecule has 0 amide bonds. The molecule has 0 saturated carbocycles.